The summed E-state index contributed by atoms with van der Waals surface area (Å²) in [5.41, 5.74) is 0. The molecule has 0 amide bonds. The molecule has 1 rings (SSSR count). The van der Waals surface area contributed by atoms with Crippen LogP contribution in [-0.4, -0.2) is 22.8 Å². The average Bonchev–Trinajstić information content (AvgIpc) is 2.39. The van der Waals surface area contributed by atoms with E-state index in [0.29, 0.717) is 5.30 Å². The van der Waals surface area contributed by atoms with Crippen molar-refractivity contribution < 1.29 is 19.0 Å². The molecule has 0 fully saturated rings. The number of carbonyl (C=O) groups is 1. The molecule has 4 nitrogen and oxygen atoms in total. The second-order valence-corrected chi connectivity index (χ2v) is 7.23. The normalized spacial score (nSPS) is 17.5. The monoisotopic (exact) mass is 284 g/mol. The highest BCUT2D eigenvalue weighted by atomic mass is 31.2. The minimum absolute atomic E-state index is 0.171. The minimum Gasteiger partial charge on any atom is -0.379 e. The minimum atomic E-state index is -3.51. The van der Waals surface area contributed by atoms with Crippen molar-refractivity contribution in [2.75, 3.05) is 6.61 Å². The number of hydrogen-bond acceptors (Lipinski definition) is 4. The van der Waals surface area contributed by atoms with Crippen LogP contribution < -0.4 is 5.30 Å². The Morgan fingerprint density at radius 2 is 1.89 bits per heavy atom. The summed E-state index contributed by atoms with van der Waals surface area (Å²) in [4.78, 5) is 11.4. The molecule has 1 aromatic rings. The van der Waals surface area contributed by atoms with Gasteiger partial charge in [0.05, 0.1) is 6.61 Å². The Hall–Kier alpha value is -0.960. The van der Waals surface area contributed by atoms with E-state index in [9.17, 15) is 14.5 Å². The number of Topliss-reactive ketones (excluding diaryl/α,β-unsaturated/α-hetero) is 1. The van der Waals surface area contributed by atoms with Crippen LogP contribution in [0.5, 0.6) is 0 Å². The maximum atomic E-state index is 13.2. The predicted octanol–water partition coefficient (Wildman–Crippen LogP) is 2.70. The van der Waals surface area contributed by atoms with Gasteiger partial charge in [0.15, 0.2) is 5.34 Å². The Kier molecular flexibility index (Phi) is 5.48. The summed E-state index contributed by atoms with van der Waals surface area (Å²) in [6.45, 7) is 5.02. The summed E-state index contributed by atoms with van der Waals surface area (Å²) in [6, 6.07) is 8.61. The number of carbonyl (C=O) groups excluding carboxylic acids is 1. The maximum Gasteiger partial charge on any atom is 0.263 e. The van der Waals surface area contributed by atoms with Gasteiger partial charge in [0.25, 0.3) is 7.37 Å². The number of rotatable bonds is 7. The van der Waals surface area contributed by atoms with Crippen molar-refractivity contribution in [1.82, 2.24) is 0 Å². The fourth-order valence-electron chi connectivity index (χ4n) is 2.08. The standard InChI is InChI=1S/C14H21O4P/c1-4-14(16,11-12(3)15)19(17,18-5-2)13-9-7-6-8-10-13/h6-10,16H,4-5,11H2,1-3H3/t14-,19+/m0/s1. The van der Waals surface area contributed by atoms with Crippen LogP contribution in [0.15, 0.2) is 30.3 Å². The van der Waals surface area contributed by atoms with E-state index >= 15 is 0 Å². The number of benzene rings is 1. The summed E-state index contributed by atoms with van der Waals surface area (Å²) >= 11 is 0. The summed E-state index contributed by atoms with van der Waals surface area (Å²) in [5.74, 6) is -0.208. The van der Waals surface area contributed by atoms with Crippen molar-refractivity contribution in [3.63, 3.8) is 0 Å². The number of aliphatic hydroxyl groups is 1. The number of hydrogen-bond donors (Lipinski definition) is 1. The van der Waals surface area contributed by atoms with Gasteiger partial charge in [-0.25, -0.2) is 0 Å². The first-order valence-electron chi connectivity index (χ1n) is 6.41. The van der Waals surface area contributed by atoms with Gasteiger partial charge in [-0.3, -0.25) is 9.36 Å². The van der Waals surface area contributed by atoms with E-state index in [1.165, 1.54) is 6.92 Å². The molecule has 0 saturated carbocycles. The lowest BCUT2D eigenvalue weighted by Crippen LogP contribution is -2.35. The quantitative estimate of drug-likeness (QED) is 0.782. The largest absolute Gasteiger partial charge is 0.379 e. The van der Waals surface area contributed by atoms with Gasteiger partial charge in [0.2, 0.25) is 0 Å². The summed E-state index contributed by atoms with van der Waals surface area (Å²) in [6.07, 6.45) is 0.0222. The molecule has 0 aliphatic rings. The van der Waals surface area contributed by atoms with Crippen LogP contribution in [0, 0.1) is 0 Å². The molecule has 2 atom stereocenters. The topological polar surface area (TPSA) is 63.6 Å². The van der Waals surface area contributed by atoms with E-state index in [1.807, 2.05) is 0 Å². The zero-order chi connectivity index (χ0) is 14.5. The molecule has 1 aromatic carbocycles. The van der Waals surface area contributed by atoms with E-state index in [2.05, 4.69) is 0 Å². The molecule has 0 aliphatic carbocycles. The van der Waals surface area contributed by atoms with Crippen LogP contribution in [0.3, 0.4) is 0 Å². The first-order chi connectivity index (χ1) is 8.89. The van der Waals surface area contributed by atoms with Gasteiger partial charge in [-0.05, 0) is 32.4 Å². The van der Waals surface area contributed by atoms with Crippen molar-refractivity contribution in [3.8, 4) is 0 Å². The highest BCUT2D eigenvalue weighted by molar-refractivity contribution is 7.68. The van der Waals surface area contributed by atoms with Gasteiger partial charge >= 0.3 is 0 Å². The molecule has 0 radical (unpaired) electrons. The van der Waals surface area contributed by atoms with Crippen molar-refractivity contribution in [1.29, 1.82) is 0 Å². The van der Waals surface area contributed by atoms with Crippen LogP contribution in [0.25, 0.3) is 0 Å². The Balaban J connectivity index is 3.32. The Labute approximate surface area is 114 Å². The van der Waals surface area contributed by atoms with Crippen molar-refractivity contribution >= 4 is 18.5 Å². The molecule has 19 heavy (non-hydrogen) atoms. The molecule has 1 N–H and O–H groups in total. The van der Waals surface area contributed by atoms with Crippen molar-refractivity contribution in [2.45, 2.75) is 39.0 Å². The first kappa shape index (κ1) is 16.1. The summed E-state index contributed by atoms with van der Waals surface area (Å²) in [5, 5.41) is 9.49. The second-order valence-electron chi connectivity index (χ2n) is 4.52. The zero-order valence-electron chi connectivity index (χ0n) is 11.6. The second kappa shape index (κ2) is 6.47. The molecule has 0 aliphatic heterocycles. The van der Waals surface area contributed by atoms with E-state index in [0.717, 1.165) is 0 Å². The fourth-order valence-corrected chi connectivity index (χ4v) is 4.72. The van der Waals surface area contributed by atoms with Gasteiger partial charge in [-0.1, -0.05) is 25.1 Å². The van der Waals surface area contributed by atoms with Gasteiger partial charge in [0.1, 0.15) is 5.78 Å². The molecular weight excluding hydrogens is 263 g/mol. The van der Waals surface area contributed by atoms with Crippen molar-refractivity contribution in [3.05, 3.63) is 30.3 Å². The third kappa shape index (κ3) is 3.33. The van der Waals surface area contributed by atoms with Crippen LogP contribution in [0.2, 0.25) is 0 Å². The molecule has 0 heterocycles. The van der Waals surface area contributed by atoms with E-state index in [1.54, 1.807) is 44.2 Å². The van der Waals surface area contributed by atoms with Gasteiger partial charge < -0.3 is 9.63 Å². The molecule has 0 bridgehead atoms. The summed E-state index contributed by atoms with van der Waals surface area (Å²) in [7, 11) is -3.51. The Bertz CT molecular complexity index is 472. The van der Waals surface area contributed by atoms with Gasteiger partial charge in [-0.2, -0.15) is 0 Å². The lowest BCUT2D eigenvalue weighted by molar-refractivity contribution is -0.119. The maximum absolute atomic E-state index is 13.2. The van der Waals surface area contributed by atoms with Crippen LogP contribution in [-0.2, 0) is 13.9 Å². The van der Waals surface area contributed by atoms with Crippen LogP contribution >= 0.6 is 7.37 Å². The van der Waals surface area contributed by atoms with E-state index in [4.69, 9.17) is 4.52 Å². The van der Waals surface area contributed by atoms with Crippen LogP contribution in [0.4, 0.5) is 0 Å². The highest BCUT2D eigenvalue weighted by Gasteiger charge is 2.48. The van der Waals surface area contributed by atoms with E-state index in [-0.39, 0.29) is 25.2 Å². The molecule has 0 spiro atoms. The van der Waals surface area contributed by atoms with Gasteiger partial charge in [-0.15, -0.1) is 0 Å². The average molecular weight is 284 g/mol. The molecular formula is C14H21O4P. The molecule has 0 aromatic heterocycles. The molecule has 5 heteroatoms. The van der Waals surface area contributed by atoms with Crippen LogP contribution in [0.1, 0.15) is 33.6 Å². The molecule has 0 saturated heterocycles. The highest BCUT2D eigenvalue weighted by Crippen LogP contribution is 2.59. The lowest BCUT2D eigenvalue weighted by Gasteiger charge is -2.34. The Morgan fingerprint density at radius 3 is 2.32 bits per heavy atom. The fraction of sp³-hybridized carbons (Fsp3) is 0.500. The van der Waals surface area contributed by atoms with E-state index < -0.39 is 12.7 Å². The third-order valence-electron chi connectivity index (χ3n) is 3.05. The van der Waals surface area contributed by atoms with Crippen molar-refractivity contribution in [2.24, 2.45) is 0 Å². The van der Waals surface area contributed by atoms with Gasteiger partial charge in [0, 0.05) is 11.7 Å². The SMILES string of the molecule is CCO[P@](=O)(c1ccccc1)[C@@](O)(CC)CC(C)=O. The predicted molar refractivity (Wildman–Crippen MR) is 75.8 cm³/mol. The molecule has 0 unspecified atom stereocenters. The smallest absolute Gasteiger partial charge is 0.263 e. The lowest BCUT2D eigenvalue weighted by atomic mass is 10.1. The Morgan fingerprint density at radius 1 is 1.32 bits per heavy atom. The first-order valence-corrected chi connectivity index (χ1v) is 8.04. The third-order valence-corrected chi connectivity index (χ3v) is 6.22. The molecule has 106 valence electrons. The summed E-state index contributed by atoms with van der Waals surface area (Å²) < 4.78 is 18.6. The zero-order valence-corrected chi connectivity index (χ0v) is 12.5. The number of ketones is 1.